The third-order valence-electron chi connectivity index (χ3n) is 7.17. The maximum Gasteiger partial charge on any atom is 0.459 e. The Kier molecular flexibility index (Phi) is 9.62. The lowest BCUT2D eigenvalue weighted by Gasteiger charge is -2.27. The van der Waals surface area contributed by atoms with Crippen LogP contribution in [0.25, 0.3) is 22.1 Å². The van der Waals surface area contributed by atoms with Gasteiger partial charge >= 0.3 is 13.7 Å². The third-order valence-corrected chi connectivity index (χ3v) is 9.48. The zero-order chi connectivity index (χ0) is 33.4. The van der Waals surface area contributed by atoms with E-state index in [0.717, 1.165) is 5.39 Å². The maximum absolute atomic E-state index is 14.2. The molecule has 0 radical (unpaired) electrons. The third kappa shape index (κ3) is 7.28. The van der Waals surface area contributed by atoms with Crippen molar-refractivity contribution < 1.29 is 38.1 Å². The molecule has 0 bridgehead atoms. The highest BCUT2D eigenvalue weighted by Gasteiger charge is 2.54. The number of esters is 1. The summed E-state index contributed by atoms with van der Waals surface area (Å²) in [5.41, 5.74) is 5.17. The van der Waals surface area contributed by atoms with E-state index in [1.807, 2.05) is 33.1 Å². The fourth-order valence-electron chi connectivity index (χ4n) is 4.81. The van der Waals surface area contributed by atoms with E-state index in [-0.39, 0.29) is 23.7 Å². The van der Waals surface area contributed by atoms with Crippen LogP contribution in [-0.4, -0.2) is 84.0 Å². The minimum atomic E-state index is -4.35. The van der Waals surface area contributed by atoms with Gasteiger partial charge in [0.1, 0.15) is 40.1 Å². The second-order valence-electron chi connectivity index (χ2n) is 12.4. The van der Waals surface area contributed by atoms with Crippen LogP contribution in [0.15, 0.2) is 47.9 Å². The lowest BCUT2D eigenvalue weighted by atomic mass is 9.96. The van der Waals surface area contributed by atoms with Crippen LogP contribution in [0.4, 0.5) is 5.95 Å². The molecule has 0 saturated carbocycles. The molecule has 4 heterocycles. The van der Waals surface area contributed by atoms with Gasteiger partial charge in [-0.25, -0.2) is 14.5 Å². The second-order valence-corrected chi connectivity index (χ2v) is 14.9. The van der Waals surface area contributed by atoms with E-state index >= 15 is 0 Å². The van der Waals surface area contributed by atoms with E-state index < -0.39 is 50.4 Å². The molecule has 1 fully saturated rings. The molecule has 0 amide bonds. The molecule has 17 heteroatoms. The number of ether oxygens (including phenoxy) is 2. The summed E-state index contributed by atoms with van der Waals surface area (Å²) in [4.78, 5) is 29.9. The Labute approximate surface area is 269 Å². The fraction of sp³-hybridized carbons (Fsp3) is 0.483. The van der Waals surface area contributed by atoms with Crippen molar-refractivity contribution in [3.63, 3.8) is 0 Å². The smallest absolute Gasteiger partial charge is 0.459 e. The number of nitrogens with zero attached hydrogens (tertiary/aromatic N) is 5. The first-order valence-corrected chi connectivity index (χ1v) is 17.2. The standard InChI is InChI=1S/C29H38N7O8PS/c1-16(25(38)41-14-28(2,3)4)35-45(40,44-18-9-10-19-17(12-18)8-7-11-31-19)42-13-20-22(37)29(5,39)26(43-20)36-15-32-21-23(36)33-27(30)34-24(21)46-6/h7-12,15-16,20,22,26,37,39H,13-14H2,1-6H3,(H,35,40)(H2,30,33,34)/t16-,20+,22+,26+,29+,45?/m0/s1. The zero-order valence-corrected chi connectivity index (χ0v) is 28.0. The summed E-state index contributed by atoms with van der Waals surface area (Å²) < 4.78 is 38.8. The number of hydrogen-bond acceptors (Lipinski definition) is 14. The van der Waals surface area contributed by atoms with Gasteiger partial charge in [-0.2, -0.15) is 10.1 Å². The van der Waals surface area contributed by atoms with Gasteiger partial charge in [-0.3, -0.25) is 18.9 Å². The quantitative estimate of drug-likeness (QED) is 0.0777. The van der Waals surface area contributed by atoms with Crippen molar-refractivity contribution in [1.82, 2.24) is 29.6 Å². The molecule has 1 aliphatic rings. The summed E-state index contributed by atoms with van der Waals surface area (Å²) in [5.74, 6) is -0.486. The Morgan fingerprint density at radius 1 is 1.28 bits per heavy atom. The number of imidazole rings is 1. The molecule has 5 rings (SSSR count). The number of nitrogen functional groups attached to an aromatic ring is 1. The van der Waals surface area contributed by atoms with Gasteiger partial charge in [0.15, 0.2) is 11.9 Å². The van der Waals surface area contributed by atoms with E-state index in [0.29, 0.717) is 21.7 Å². The number of nitrogens with one attached hydrogen (secondary N) is 1. The highest BCUT2D eigenvalue weighted by molar-refractivity contribution is 7.98. The lowest BCUT2D eigenvalue weighted by molar-refractivity contribution is -0.148. The van der Waals surface area contributed by atoms with Crippen LogP contribution in [0, 0.1) is 5.41 Å². The summed E-state index contributed by atoms with van der Waals surface area (Å²) in [6.07, 6.45) is 0.978. The molecule has 248 valence electrons. The Morgan fingerprint density at radius 3 is 2.76 bits per heavy atom. The van der Waals surface area contributed by atoms with Crippen LogP contribution in [0.3, 0.4) is 0 Å². The van der Waals surface area contributed by atoms with Crippen LogP contribution in [0.2, 0.25) is 0 Å². The number of carbonyl (C=O) groups excluding carboxylic acids is 1. The molecule has 0 aliphatic carbocycles. The highest BCUT2D eigenvalue weighted by Crippen LogP contribution is 2.47. The van der Waals surface area contributed by atoms with Crippen LogP contribution < -0.4 is 15.3 Å². The first-order valence-electron chi connectivity index (χ1n) is 14.4. The van der Waals surface area contributed by atoms with E-state index in [2.05, 4.69) is 25.0 Å². The Bertz CT molecular complexity index is 1780. The number of aliphatic hydroxyl groups is 2. The Hall–Kier alpha value is -3.37. The molecule has 4 aromatic rings. The molecule has 0 spiro atoms. The zero-order valence-electron chi connectivity index (χ0n) is 26.3. The lowest BCUT2D eigenvalue weighted by Crippen LogP contribution is -2.44. The molecule has 1 aliphatic heterocycles. The van der Waals surface area contributed by atoms with Crippen molar-refractivity contribution in [3.05, 3.63) is 42.9 Å². The predicted octanol–water partition coefficient (Wildman–Crippen LogP) is 3.46. The molecule has 15 nitrogen and oxygen atoms in total. The number of rotatable bonds is 11. The average molecular weight is 676 g/mol. The molecule has 1 aromatic carbocycles. The molecule has 1 saturated heterocycles. The number of benzene rings is 1. The fourth-order valence-corrected chi connectivity index (χ4v) is 6.83. The normalized spacial score (nSPS) is 23.8. The summed E-state index contributed by atoms with van der Waals surface area (Å²) in [7, 11) is -4.35. The van der Waals surface area contributed by atoms with E-state index in [1.165, 1.54) is 36.5 Å². The van der Waals surface area contributed by atoms with Crippen LogP contribution in [-0.2, 0) is 23.4 Å². The van der Waals surface area contributed by atoms with Crippen molar-refractivity contribution in [2.24, 2.45) is 5.41 Å². The van der Waals surface area contributed by atoms with Gasteiger partial charge in [0, 0.05) is 11.6 Å². The average Bonchev–Trinajstić information content (AvgIpc) is 3.50. The van der Waals surface area contributed by atoms with Gasteiger partial charge < -0.3 is 29.9 Å². The van der Waals surface area contributed by atoms with Gasteiger partial charge in [0.2, 0.25) is 5.95 Å². The van der Waals surface area contributed by atoms with E-state index in [9.17, 15) is 19.6 Å². The first kappa shape index (κ1) is 34.0. The van der Waals surface area contributed by atoms with Gasteiger partial charge in [0.25, 0.3) is 0 Å². The number of pyridine rings is 1. The minimum absolute atomic E-state index is 0.000418. The SMILES string of the molecule is CSc1nc(N)nc2c1ncn2[C@@H]1O[C@H](COP(=O)(N[C@@H](C)C(=O)OCC(C)(C)C)Oc2ccc3ncccc3c2)[C@@H](O)[C@@]1(C)O. The second kappa shape index (κ2) is 13.0. The molecule has 46 heavy (non-hydrogen) atoms. The van der Waals surface area contributed by atoms with Crippen molar-refractivity contribution in [3.8, 4) is 5.75 Å². The molecular weight excluding hydrogens is 637 g/mol. The maximum atomic E-state index is 14.2. The number of thioether (sulfide) groups is 1. The van der Waals surface area contributed by atoms with Gasteiger partial charge in [-0.1, -0.05) is 26.8 Å². The van der Waals surface area contributed by atoms with E-state index in [4.69, 9.17) is 24.3 Å². The summed E-state index contributed by atoms with van der Waals surface area (Å²) >= 11 is 1.32. The molecular formula is C29H38N7O8PS. The van der Waals surface area contributed by atoms with Crippen LogP contribution >= 0.6 is 19.5 Å². The number of anilines is 1. The minimum Gasteiger partial charge on any atom is -0.464 e. The summed E-state index contributed by atoms with van der Waals surface area (Å²) in [6, 6.07) is 7.35. The molecule has 1 unspecified atom stereocenters. The topological polar surface area (TPSA) is 206 Å². The van der Waals surface area contributed by atoms with Gasteiger partial charge in [0.05, 0.1) is 25.1 Å². The summed E-state index contributed by atoms with van der Waals surface area (Å²) in [6.45, 7) is 8.23. The van der Waals surface area contributed by atoms with Crippen molar-refractivity contribution in [1.29, 1.82) is 0 Å². The predicted molar refractivity (Wildman–Crippen MR) is 171 cm³/mol. The van der Waals surface area contributed by atoms with Crippen molar-refractivity contribution in [2.75, 3.05) is 25.2 Å². The van der Waals surface area contributed by atoms with Crippen LogP contribution in [0.5, 0.6) is 5.75 Å². The summed E-state index contributed by atoms with van der Waals surface area (Å²) in [5, 5.41) is 26.4. The monoisotopic (exact) mass is 675 g/mol. The Balaban J connectivity index is 1.38. The molecule has 5 N–H and O–H groups in total. The molecule has 6 atom stereocenters. The number of aliphatic hydroxyl groups excluding tert-OH is 1. The number of fused-ring (bicyclic) bond motifs is 2. The van der Waals surface area contributed by atoms with Gasteiger partial charge in [-0.15, -0.1) is 11.8 Å². The van der Waals surface area contributed by atoms with Crippen molar-refractivity contribution in [2.45, 2.75) is 69.7 Å². The van der Waals surface area contributed by atoms with Crippen molar-refractivity contribution >= 4 is 53.5 Å². The van der Waals surface area contributed by atoms with Gasteiger partial charge in [-0.05, 0) is 49.8 Å². The molecule has 3 aromatic heterocycles. The number of nitrogens with two attached hydrogens (primary N) is 1. The van der Waals surface area contributed by atoms with E-state index in [1.54, 1.807) is 30.5 Å². The number of carbonyl (C=O) groups is 1. The highest BCUT2D eigenvalue weighted by atomic mass is 32.2. The Morgan fingerprint density at radius 2 is 2.04 bits per heavy atom. The number of aromatic nitrogens is 5. The number of hydrogen-bond donors (Lipinski definition) is 4. The largest absolute Gasteiger partial charge is 0.464 e. The first-order chi connectivity index (χ1) is 21.6. The van der Waals surface area contributed by atoms with Crippen LogP contribution in [0.1, 0.15) is 40.8 Å².